The van der Waals surface area contributed by atoms with Crippen LogP contribution in [-0.4, -0.2) is 144 Å². The number of aromatic nitrogens is 3. The lowest BCUT2D eigenvalue weighted by molar-refractivity contribution is -0.120. The SMILES string of the molecule is C#Cc1c(F)ccc2cc(O)cc(-c3ncc4c(N5CCCC(C)(N)C5)nc(OCC5(CN6CCN(CC7CCC8(CC7)CCN(C(=O)c7ccc(OC)c(N9CCC(=O)NC9=O)c7)CC8)CC6)CC5)nc4c3F)c12. The molecule has 0 radical (unpaired) electrons. The molecule has 18 heteroatoms. The van der Waals surface area contributed by atoms with Crippen molar-refractivity contribution in [1.29, 1.82) is 0 Å². The number of aromatic hydroxyl groups is 1. The van der Waals surface area contributed by atoms with E-state index in [9.17, 15) is 19.5 Å². The maximum absolute atomic E-state index is 17.1. The standard InChI is InChI=1S/C57H66F2N10O6/c1-4-40-43(58)8-6-37-28-39(70)30-41(47(37)40)49-48(59)50-42(31-61-49)51(68-20-5-13-55(2,60)33-68)64-53(63-50)75-35-57(16-17-57)34-66-26-24-65(25-27-66)32-36-10-14-56(15-11-36)18-22-67(23-19-56)52(72)38-7-9-45(74-3)44(29-38)69-21-12-46(71)62-54(69)73/h1,6-9,28-31,36,70H,5,10-27,32-35,60H2,2-3H3,(H,62,71,73). The van der Waals surface area contributed by atoms with Crippen LogP contribution in [0.1, 0.15) is 93.5 Å². The Balaban J connectivity index is 0.696. The molecule has 2 saturated carbocycles. The van der Waals surface area contributed by atoms with Gasteiger partial charge >= 0.3 is 12.0 Å². The van der Waals surface area contributed by atoms with Crippen molar-refractivity contribution < 1.29 is 37.7 Å². The lowest BCUT2D eigenvalue weighted by Gasteiger charge is -2.47. The number of benzene rings is 3. The Morgan fingerprint density at radius 3 is 2.40 bits per heavy atom. The number of nitrogens with one attached hydrogen (secondary N) is 1. The van der Waals surface area contributed by atoms with Crippen molar-refractivity contribution in [2.45, 2.75) is 83.1 Å². The molecule has 4 saturated heterocycles. The number of phenolic OH excluding ortho intramolecular Hbond substituents is 1. The molecule has 2 aromatic heterocycles. The Morgan fingerprint density at radius 2 is 1.69 bits per heavy atom. The number of methoxy groups -OCH3 is 1. The van der Waals surface area contributed by atoms with Crippen LogP contribution in [0.2, 0.25) is 0 Å². The lowest BCUT2D eigenvalue weighted by atomic mass is 9.65. The Labute approximate surface area is 435 Å². The van der Waals surface area contributed by atoms with Crippen LogP contribution in [0.15, 0.2) is 48.7 Å². The maximum atomic E-state index is 17.1. The second kappa shape index (κ2) is 20.1. The minimum Gasteiger partial charge on any atom is -0.508 e. The molecule has 2 aliphatic carbocycles. The molecule has 3 aromatic carbocycles. The second-order valence-corrected chi connectivity index (χ2v) is 22.6. The number of phenols is 1. The van der Waals surface area contributed by atoms with Crippen molar-refractivity contribution in [3.05, 3.63) is 71.4 Å². The van der Waals surface area contributed by atoms with Crippen molar-refractivity contribution in [3.63, 3.8) is 0 Å². The zero-order chi connectivity index (χ0) is 52.2. The van der Waals surface area contributed by atoms with Crippen LogP contribution < -0.4 is 30.3 Å². The van der Waals surface area contributed by atoms with Crippen molar-refractivity contribution in [2.24, 2.45) is 22.5 Å². The number of halogens is 2. The van der Waals surface area contributed by atoms with Crippen LogP contribution >= 0.6 is 0 Å². The zero-order valence-corrected chi connectivity index (χ0v) is 42.9. The number of rotatable bonds is 12. The molecule has 75 heavy (non-hydrogen) atoms. The molecule has 6 fully saturated rings. The number of hydrogen-bond donors (Lipinski definition) is 3. The predicted molar refractivity (Wildman–Crippen MR) is 282 cm³/mol. The lowest BCUT2D eigenvalue weighted by Crippen LogP contribution is -2.52. The number of nitrogens with zero attached hydrogens (tertiary/aromatic N) is 8. The molecule has 394 valence electrons. The number of imide groups is 1. The number of likely N-dealkylation sites (tertiary alicyclic amines) is 1. The summed E-state index contributed by atoms with van der Waals surface area (Å²) in [6.07, 6.45) is 17.9. The largest absolute Gasteiger partial charge is 0.508 e. The molecule has 1 unspecified atom stereocenters. The number of hydrogen-bond acceptors (Lipinski definition) is 13. The Hall–Kier alpha value is -6.68. The molecule has 1 atom stereocenters. The van der Waals surface area contributed by atoms with Crippen molar-refractivity contribution in [3.8, 4) is 41.1 Å². The molecule has 1 spiro atoms. The molecule has 16 nitrogen and oxygen atoms in total. The molecule has 0 bridgehead atoms. The molecule has 6 aliphatic rings. The number of amides is 4. The van der Waals surface area contributed by atoms with Crippen LogP contribution in [0.5, 0.6) is 17.5 Å². The fourth-order valence-electron chi connectivity index (χ4n) is 12.6. The zero-order valence-electron chi connectivity index (χ0n) is 42.9. The summed E-state index contributed by atoms with van der Waals surface area (Å²) in [6, 6.07) is 10.2. The summed E-state index contributed by atoms with van der Waals surface area (Å²) in [5, 5.41) is 14.2. The number of anilines is 2. The van der Waals surface area contributed by atoms with Gasteiger partial charge in [0.15, 0.2) is 5.82 Å². The summed E-state index contributed by atoms with van der Waals surface area (Å²) in [4.78, 5) is 63.0. The molecule has 6 heterocycles. The highest BCUT2D eigenvalue weighted by Crippen LogP contribution is 2.49. The first kappa shape index (κ1) is 50.5. The number of carbonyl (C=O) groups excluding carboxylic acids is 3. The van der Waals surface area contributed by atoms with Gasteiger partial charge in [-0.25, -0.2) is 13.6 Å². The van der Waals surface area contributed by atoms with E-state index in [0.29, 0.717) is 72.3 Å². The minimum absolute atomic E-state index is 0.000370. The molecular weight excluding hydrogens is 959 g/mol. The summed E-state index contributed by atoms with van der Waals surface area (Å²) >= 11 is 0. The van der Waals surface area contributed by atoms with Crippen LogP contribution in [0.3, 0.4) is 0 Å². The molecule has 4 aliphatic heterocycles. The number of pyridine rings is 1. The molecule has 11 rings (SSSR count). The first-order valence-electron chi connectivity index (χ1n) is 26.6. The summed E-state index contributed by atoms with van der Waals surface area (Å²) < 4.78 is 44.2. The highest BCUT2D eigenvalue weighted by atomic mass is 19.1. The van der Waals surface area contributed by atoms with E-state index in [-0.39, 0.29) is 75.1 Å². The third-order valence-corrected chi connectivity index (χ3v) is 17.2. The summed E-state index contributed by atoms with van der Waals surface area (Å²) in [7, 11) is 1.52. The van der Waals surface area contributed by atoms with Gasteiger partial charge in [-0.1, -0.05) is 12.0 Å². The van der Waals surface area contributed by atoms with Crippen LogP contribution in [0.25, 0.3) is 32.9 Å². The molecular formula is C57H66F2N10O6. The van der Waals surface area contributed by atoms with Crippen LogP contribution in [0.4, 0.5) is 25.1 Å². The van der Waals surface area contributed by atoms with E-state index in [1.165, 1.54) is 68.2 Å². The minimum atomic E-state index is -0.760. The third-order valence-electron chi connectivity index (χ3n) is 17.2. The number of urea groups is 1. The van der Waals surface area contributed by atoms with E-state index < -0.39 is 23.2 Å². The number of piperazine rings is 1. The average molecular weight is 1030 g/mol. The van der Waals surface area contributed by atoms with Gasteiger partial charge in [-0.05, 0) is 124 Å². The van der Waals surface area contributed by atoms with Gasteiger partial charge in [-0.2, -0.15) is 9.97 Å². The maximum Gasteiger partial charge on any atom is 0.328 e. The number of fused-ring (bicyclic) bond motifs is 2. The van der Waals surface area contributed by atoms with Crippen LogP contribution in [-0.2, 0) is 4.79 Å². The van der Waals surface area contributed by atoms with E-state index >= 15 is 8.78 Å². The van der Waals surface area contributed by atoms with Gasteiger partial charge in [-0.15, -0.1) is 6.42 Å². The number of carbonyl (C=O) groups is 3. The first-order chi connectivity index (χ1) is 36.1. The second-order valence-electron chi connectivity index (χ2n) is 22.6. The fourth-order valence-corrected chi connectivity index (χ4v) is 12.6. The quantitative estimate of drug-likeness (QED) is 0.105. The van der Waals surface area contributed by atoms with Gasteiger partial charge in [0.05, 0.1) is 30.4 Å². The van der Waals surface area contributed by atoms with E-state index in [1.54, 1.807) is 18.2 Å². The summed E-state index contributed by atoms with van der Waals surface area (Å²) in [5.74, 6) is 2.10. The first-order valence-corrected chi connectivity index (χ1v) is 26.6. The molecule has 5 aromatic rings. The van der Waals surface area contributed by atoms with E-state index in [4.69, 9.17) is 31.6 Å². The Bertz CT molecular complexity index is 3100. The van der Waals surface area contributed by atoms with Crippen molar-refractivity contribution in [2.75, 3.05) is 95.5 Å². The van der Waals surface area contributed by atoms with Crippen molar-refractivity contribution in [1.82, 2.24) is 35.0 Å². The Morgan fingerprint density at radius 1 is 0.933 bits per heavy atom. The number of piperidine rings is 2. The highest BCUT2D eigenvalue weighted by molar-refractivity contribution is 6.07. The molecule has 4 amide bonds. The van der Waals surface area contributed by atoms with Gasteiger partial charge < -0.3 is 39.9 Å². The number of terminal acetylenes is 1. The number of ether oxygens (including phenoxy) is 2. The van der Waals surface area contributed by atoms with E-state index in [1.807, 2.05) is 11.8 Å². The van der Waals surface area contributed by atoms with Gasteiger partial charge in [-0.3, -0.25) is 24.8 Å². The van der Waals surface area contributed by atoms with Crippen molar-refractivity contribution >= 4 is 51.0 Å². The smallest absolute Gasteiger partial charge is 0.328 e. The van der Waals surface area contributed by atoms with Gasteiger partial charge in [0, 0.05) is 112 Å². The number of nitrogens with two attached hydrogens (primary N) is 1. The van der Waals surface area contributed by atoms with E-state index in [0.717, 1.165) is 77.8 Å². The average Bonchev–Trinajstić information content (AvgIpc) is 4.18. The van der Waals surface area contributed by atoms with Gasteiger partial charge in [0.25, 0.3) is 5.91 Å². The van der Waals surface area contributed by atoms with E-state index in [2.05, 4.69) is 30.9 Å². The fraction of sp³-hybridized carbons (Fsp3) is 0.509. The highest BCUT2D eigenvalue weighted by Gasteiger charge is 2.46. The Kier molecular flexibility index (Phi) is 13.5. The normalized spacial score (nSPS) is 22.4. The van der Waals surface area contributed by atoms with Crippen LogP contribution in [0, 0.1) is 40.7 Å². The third kappa shape index (κ3) is 10.3. The summed E-state index contributed by atoms with van der Waals surface area (Å²) in [6.45, 7) is 11.1. The van der Waals surface area contributed by atoms with Gasteiger partial charge in [0.1, 0.15) is 34.3 Å². The van der Waals surface area contributed by atoms with Gasteiger partial charge in [0.2, 0.25) is 5.91 Å². The predicted octanol–water partition coefficient (Wildman–Crippen LogP) is 7.47. The summed E-state index contributed by atoms with van der Waals surface area (Å²) in [5.41, 5.74) is 7.33. The topological polar surface area (TPSA) is 183 Å². The molecule has 4 N–H and O–H groups in total. The monoisotopic (exact) mass is 1020 g/mol.